The summed E-state index contributed by atoms with van der Waals surface area (Å²) < 4.78 is 10.8. The maximum Gasteiger partial charge on any atom is 0.284 e. The van der Waals surface area contributed by atoms with Crippen molar-refractivity contribution in [3.05, 3.63) is 67.7 Å². The smallest absolute Gasteiger partial charge is 0.284 e. The molecule has 1 saturated heterocycles. The van der Waals surface area contributed by atoms with Crippen LogP contribution < -0.4 is 4.74 Å². The van der Waals surface area contributed by atoms with E-state index in [0.29, 0.717) is 32.7 Å². The zero-order valence-electron chi connectivity index (χ0n) is 14.9. The van der Waals surface area contributed by atoms with Crippen molar-refractivity contribution in [2.75, 3.05) is 7.11 Å². The van der Waals surface area contributed by atoms with E-state index in [1.165, 1.54) is 24.5 Å². The lowest BCUT2D eigenvalue weighted by Crippen LogP contribution is -2.11. The van der Waals surface area contributed by atoms with E-state index in [-0.39, 0.29) is 16.5 Å². The highest BCUT2D eigenvalue weighted by molar-refractivity contribution is 8.19. The van der Waals surface area contributed by atoms with Crippen molar-refractivity contribution in [3.63, 3.8) is 0 Å². The van der Waals surface area contributed by atoms with Crippen LogP contribution in [0.5, 0.6) is 5.75 Å². The summed E-state index contributed by atoms with van der Waals surface area (Å²) in [7, 11) is 1.43. The fourth-order valence-corrected chi connectivity index (χ4v) is 4.68. The number of nitrogens with zero attached hydrogens (tertiary/aromatic N) is 2. The first kappa shape index (κ1) is 19.1. The number of aromatic nitrogens is 1. The number of carbonyl (C=O) groups excluding carboxylic acids is 1. The minimum atomic E-state index is -0.677. The first-order valence-electron chi connectivity index (χ1n) is 8.32. The van der Waals surface area contributed by atoms with Crippen molar-refractivity contribution in [2.45, 2.75) is 5.92 Å². The molecular formula is C19H13N3O5S2. The van der Waals surface area contributed by atoms with Crippen LogP contribution in [0.4, 0.5) is 5.69 Å². The van der Waals surface area contributed by atoms with Crippen LogP contribution in [0.2, 0.25) is 0 Å². The number of thiazole rings is 1. The molecule has 2 aromatic heterocycles. The monoisotopic (exact) mass is 427 g/mol. The van der Waals surface area contributed by atoms with E-state index in [0.717, 1.165) is 11.8 Å². The zero-order chi connectivity index (χ0) is 20.5. The van der Waals surface area contributed by atoms with Crippen molar-refractivity contribution < 1.29 is 18.9 Å². The molecule has 0 spiro atoms. The quantitative estimate of drug-likeness (QED) is 0.355. The van der Waals surface area contributed by atoms with Gasteiger partial charge in [0.1, 0.15) is 28.2 Å². The van der Waals surface area contributed by atoms with Gasteiger partial charge in [0, 0.05) is 11.6 Å². The van der Waals surface area contributed by atoms with Crippen molar-refractivity contribution >= 4 is 45.7 Å². The molecule has 4 rings (SSSR count). The van der Waals surface area contributed by atoms with Crippen molar-refractivity contribution in [1.82, 2.24) is 4.98 Å². The molecule has 0 amide bonds. The summed E-state index contributed by atoms with van der Waals surface area (Å²) in [5.74, 6) is 0.155. The highest BCUT2D eigenvalue weighted by Crippen LogP contribution is 2.42. The molecule has 0 radical (unpaired) electrons. The molecule has 8 nitrogen and oxygen atoms in total. The minimum absolute atomic E-state index is 0.144. The first-order valence-corrected chi connectivity index (χ1v) is 10.0. The maximum absolute atomic E-state index is 12.7. The summed E-state index contributed by atoms with van der Waals surface area (Å²) >= 11 is 2.40. The summed E-state index contributed by atoms with van der Waals surface area (Å²) in [5, 5.41) is 22.1. The van der Waals surface area contributed by atoms with Crippen molar-refractivity contribution in [2.24, 2.45) is 0 Å². The molecule has 1 fully saturated rings. The predicted octanol–water partition coefficient (Wildman–Crippen LogP) is 4.74. The SMILES string of the molecule is COc1ccc(-c2ccc(/C=C3\SC(=N)[C@@H](c4nccs4)C3=O)o2)c([N+](=O)[O-])c1. The van der Waals surface area contributed by atoms with Gasteiger partial charge in [-0.15, -0.1) is 11.3 Å². The van der Waals surface area contributed by atoms with Gasteiger partial charge in [-0.05, 0) is 30.3 Å². The Balaban J connectivity index is 1.65. The number of carbonyl (C=O) groups is 1. The number of nitro benzene ring substituents is 1. The third kappa shape index (κ3) is 3.59. The third-order valence-electron chi connectivity index (χ3n) is 4.25. The predicted molar refractivity (Wildman–Crippen MR) is 111 cm³/mol. The number of ether oxygens (including phenoxy) is 1. The molecule has 0 saturated carbocycles. The van der Waals surface area contributed by atoms with Crippen LogP contribution in [-0.4, -0.2) is 27.8 Å². The second-order valence-corrected chi connectivity index (χ2v) is 7.99. The Hall–Kier alpha value is -3.24. The van der Waals surface area contributed by atoms with Gasteiger partial charge < -0.3 is 9.15 Å². The molecular weight excluding hydrogens is 414 g/mol. The molecule has 10 heteroatoms. The Labute approximate surface area is 172 Å². The first-order chi connectivity index (χ1) is 14.0. The van der Waals surface area contributed by atoms with Gasteiger partial charge in [0.2, 0.25) is 0 Å². The average molecular weight is 427 g/mol. The van der Waals surface area contributed by atoms with Crippen LogP contribution >= 0.6 is 23.1 Å². The zero-order valence-corrected chi connectivity index (χ0v) is 16.6. The molecule has 146 valence electrons. The van der Waals surface area contributed by atoms with E-state index in [2.05, 4.69) is 4.98 Å². The lowest BCUT2D eigenvalue weighted by Gasteiger charge is -2.03. The Morgan fingerprint density at radius 3 is 2.86 bits per heavy atom. The van der Waals surface area contributed by atoms with Crippen LogP contribution in [0, 0.1) is 15.5 Å². The van der Waals surface area contributed by atoms with E-state index in [4.69, 9.17) is 14.6 Å². The Bertz CT molecular complexity index is 1150. The second kappa shape index (κ2) is 7.64. The van der Waals surface area contributed by atoms with E-state index in [1.54, 1.807) is 41.9 Å². The molecule has 1 aliphatic heterocycles. The molecule has 1 aromatic carbocycles. The number of hydrogen-bond acceptors (Lipinski definition) is 9. The highest BCUT2D eigenvalue weighted by atomic mass is 32.2. The van der Waals surface area contributed by atoms with E-state index >= 15 is 0 Å². The van der Waals surface area contributed by atoms with Crippen LogP contribution in [0.1, 0.15) is 16.7 Å². The lowest BCUT2D eigenvalue weighted by molar-refractivity contribution is -0.384. The minimum Gasteiger partial charge on any atom is -0.497 e. The third-order valence-corrected chi connectivity index (χ3v) is 6.09. The number of furan rings is 1. The van der Waals surface area contributed by atoms with Gasteiger partial charge in [0.25, 0.3) is 5.69 Å². The number of Topliss-reactive ketones (excluding diaryl/α,β-unsaturated/α-hetero) is 1. The number of rotatable bonds is 5. The van der Waals surface area contributed by atoms with Crippen LogP contribution in [-0.2, 0) is 4.79 Å². The summed E-state index contributed by atoms with van der Waals surface area (Å²) in [6, 6.07) is 7.72. The number of thioether (sulfide) groups is 1. The largest absolute Gasteiger partial charge is 0.497 e. The fraction of sp³-hybridized carbons (Fsp3) is 0.105. The lowest BCUT2D eigenvalue weighted by atomic mass is 10.1. The average Bonchev–Trinajstić information content (AvgIpc) is 3.43. The topological polar surface area (TPSA) is 119 Å². The Morgan fingerprint density at radius 2 is 2.17 bits per heavy atom. The normalized spacial score (nSPS) is 17.8. The van der Waals surface area contributed by atoms with Gasteiger partial charge >= 0.3 is 0 Å². The molecule has 3 heterocycles. The highest BCUT2D eigenvalue weighted by Gasteiger charge is 2.38. The Kier molecular flexibility index (Phi) is 5.03. The van der Waals surface area contributed by atoms with Crippen LogP contribution in [0.15, 0.2) is 51.2 Å². The number of allylic oxidation sites excluding steroid dienone is 1. The number of benzene rings is 1. The van der Waals surface area contributed by atoms with Gasteiger partial charge in [-0.1, -0.05) is 11.8 Å². The van der Waals surface area contributed by atoms with Crippen molar-refractivity contribution in [1.29, 1.82) is 5.41 Å². The van der Waals surface area contributed by atoms with Crippen LogP contribution in [0.3, 0.4) is 0 Å². The summed E-state index contributed by atoms with van der Waals surface area (Å²) in [6.07, 6.45) is 3.15. The van der Waals surface area contributed by atoms with Gasteiger partial charge in [0.15, 0.2) is 5.78 Å². The van der Waals surface area contributed by atoms with Crippen molar-refractivity contribution in [3.8, 4) is 17.1 Å². The van der Waals surface area contributed by atoms with E-state index < -0.39 is 10.8 Å². The van der Waals surface area contributed by atoms with Crippen LogP contribution in [0.25, 0.3) is 17.4 Å². The maximum atomic E-state index is 12.7. The number of hydrogen-bond donors (Lipinski definition) is 1. The molecule has 1 aliphatic rings. The fourth-order valence-electron chi connectivity index (χ4n) is 2.89. The molecule has 1 atom stereocenters. The van der Waals surface area contributed by atoms with E-state index in [9.17, 15) is 14.9 Å². The number of nitrogens with one attached hydrogen (secondary N) is 1. The molecule has 1 N–H and O–H groups in total. The van der Waals surface area contributed by atoms with Gasteiger partial charge in [-0.3, -0.25) is 20.3 Å². The molecule has 3 aromatic rings. The molecule has 0 aliphatic carbocycles. The van der Waals surface area contributed by atoms with Gasteiger partial charge in [-0.25, -0.2) is 4.98 Å². The van der Waals surface area contributed by atoms with Gasteiger partial charge in [-0.2, -0.15) is 0 Å². The molecule has 29 heavy (non-hydrogen) atoms. The number of ketones is 1. The van der Waals surface area contributed by atoms with Gasteiger partial charge in [0.05, 0.1) is 33.6 Å². The number of methoxy groups -OCH3 is 1. The molecule has 0 bridgehead atoms. The summed E-state index contributed by atoms with van der Waals surface area (Å²) in [6.45, 7) is 0. The second-order valence-electron chi connectivity index (χ2n) is 5.98. The summed E-state index contributed by atoms with van der Waals surface area (Å²) in [5.41, 5.74) is 0.161. The Morgan fingerprint density at radius 1 is 1.34 bits per heavy atom. The van der Waals surface area contributed by atoms with E-state index in [1.807, 2.05) is 0 Å². The number of nitro groups is 1. The summed E-state index contributed by atoms with van der Waals surface area (Å²) in [4.78, 5) is 28.1. The molecule has 0 unspecified atom stereocenters. The standard InChI is InChI=1S/C19H13N3O5S2/c1-26-10-2-4-12(13(8-10)22(24)25)14-5-3-11(27-14)9-15-17(23)16(18(20)29-15)19-21-6-7-28-19/h2-9,16,20H,1H3/b15-9-,20-18?/t16-/m0/s1.